The molecule has 2 atom stereocenters. The van der Waals surface area contributed by atoms with E-state index in [1.807, 2.05) is 6.07 Å². The fraction of sp³-hybridized carbons (Fsp3) is 0.556. The van der Waals surface area contributed by atoms with Gasteiger partial charge in [0.25, 0.3) is 0 Å². The van der Waals surface area contributed by atoms with Gasteiger partial charge in [0.05, 0.1) is 6.54 Å². The fourth-order valence-electron chi connectivity index (χ4n) is 3.51. The molecule has 0 aliphatic carbocycles. The summed E-state index contributed by atoms with van der Waals surface area (Å²) in [5.41, 5.74) is 2.38. The molecule has 1 saturated heterocycles. The van der Waals surface area contributed by atoms with E-state index in [-0.39, 0.29) is 0 Å². The molecule has 21 heavy (non-hydrogen) atoms. The first-order valence-electron chi connectivity index (χ1n) is 8.13. The quantitative estimate of drug-likeness (QED) is 0.907. The second-order valence-corrected chi connectivity index (χ2v) is 6.40. The van der Waals surface area contributed by atoms with Gasteiger partial charge in [-0.3, -0.25) is 4.90 Å². The van der Waals surface area contributed by atoms with E-state index in [0.29, 0.717) is 6.04 Å². The fourth-order valence-corrected chi connectivity index (χ4v) is 3.51. The summed E-state index contributed by atoms with van der Waals surface area (Å²) in [7, 11) is 0. The van der Waals surface area contributed by atoms with E-state index in [2.05, 4.69) is 49.2 Å². The van der Waals surface area contributed by atoms with E-state index in [0.717, 1.165) is 36.9 Å². The number of para-hydroxylation sites is 1. The third-order valence-electron chi connectivity index (χ3n) is 4.59. The van der Waals surface area contributed by atoms with Gasteiger partial charge in [-0.15, -0.1) is 0 Å². The van der Waals surface area contributed by atoms with Gasteiger partial charge >= 0.3 is 0 Å². The number of benzene rings is 1. The smallest absolute Gasteiger partial charge is 0.134 e. The van der Waals surface area contributed by atoms with Crippen molar-refractivity contribution in [3.05, 3.63) is 35.6 Å². The number of likely N-dealkylation sites (tertiary alicyclic amines) is 1. The van der Waals surface area contributed by atoms with Gasteiger partial charge in [-0.25, -0.2) is 0 Å². The van der Waals surface area contributed by atoms with Gasteiger partial charge in [0.2, 0.25) is 0 Å². The summed E-state index contributed by atoms with van der Waals surface area (Å²) in [6, 6.07) is 9.08. The summed E-state index contributed by atoms with van der Waals surface area (Å²) in [6.45, 7) is 10.8. The van der Waals surface area contributed by atoms with Crippen molar-refractivity contribution < 1.29 is 4.42 Å². The summed E-state index contributed by atoms with van der Waals surface area (Å²) in [5.74, 6) is 1.90. The Bertz CT molecular complexity index is 604. The number of nitrogens with one attached hydrogen (secondary N) is 1. The molecule has 1 aliphatic rings. The second kappa shape index (κ2) is 6.20. The normalized spacial score (nSPS) is 23.2. The number of fused-ring (bicyclic) bond motifs is 1. The van der Waals surface area contributed by atoms with Gasteiger partial charge in [-0.2, -0.15) is 0 Å². The van der Waals surface area contributed by atoms with Crippen molar-refractivity contribution in [2.24, 2.45) is 5.92 Å². The van der Waals surface area contributed by atoms with Crippen LogP contribution in [0.5, 0.6) is 0 Å². The van der Waals surface area contributed by atoms with Crippen LogP contribution in [-0.4, -0.2) is 24.0 Å². The Morgan fingerprint density at radius 1 is 1.29 bits per heavy atom. The Balaban J connectivity index is 1.91. The predicted molar refractivity (Wildman–Crippen MR) is 87.2 cm³/mol. The van der Waals surface area contributed by atoms with Crippen LogP contribution in [0.2, 0.25) is 0 Å². The third kappa shape index (κ3) is 2.99. The lowest BCUT2D eigenvalue weighted by atomic mass is 10.1. The molecule has 114 valence electrons. The summed E-state index contributed by atoms with van der Waals surface area (Å²) >= 11 is 0. The van der Waals surface area contributed by atoms with E-state index in [1.54, 1.807) is 0 Å². The molecule has 2 aromatic rings. The minimum atomic E-state index is 0.667. The molecule has 0 radical (unpaired) electrons. The van der Waals surface area contributed by atoms with Crippen LogP contribution in [0, 0.1) is 5.92 Å². The van der Waals surface area contributed by atoms with Crippen molar-refractivity contribution in [2.75, 3.05) is 13.1 Å². The first kappa shape index (κ1) is 14.6. The SMILES string of the molecule is CCNCc1oc2ccccc2c1CN1CC(C)CC1C. The molecule has 0 amide bonds. The second-order valence-electron chi connectivity index (χ2n) is 6.40. The molecule has 3 nitrogen and oxygen atoms in total. The molecule has 1 fully saturated rings. The highest BCUT2D eigenvalue weighted by atomic mass is 16.3. The monoisotopic (exact) mass is 286 g/mol. The lowest BCUT2D eigenvalue weighted by molar-refractivity contribution is 0.255. The average molecular weight is 286 g/mol. The first-order chi connectivity index (χ1) is 10.2. The van der Waals surface area contributed by atoms with Crippen molar-refractivity contribution in [2.45, 2.75) is 46.3 Å². The van der Waals surface area contributed by atoms with Crippen LogP contribution < -0.4 is 5.32 Å². The number of hydrogen-bond acceptors (Lipinski definition) is 3. The Labute approximate surface area is 127 Å². The Hall–Kier alpha value is -1.32. The van der Waals surface area contributed by atoms with Crippen molar-refractivity contribution in [3.63, 3.8) is 0 Å². The molecular weight excluding hydrogens is 260 g/mol. The van der Waals surface area contributed by atoms with E-state index >= 15 is 0 Å². The highest BCUT2D eigenvalue weighted by Crippen LogP contribution is 2.31. The van der Waals surface area contributed by atoms with Crippen LogP contribution in [-0.2, 0) is 13.1 Å². The molecule has 1 aromatic carbocycles. The molecule has 3 rings (SSSR count). The van der Waals surface area contributed by atoms with Gasteiger partial charge in [0.1, 0.15) is 11.3 Å². The number of rotatable bonds is 5. The maximum absolute atomic E-state index is 6.08. The predicted octanol–water partition coefficient (Wildman–Crippen LogP) is 3.77. The van der Waals surface area contributed by atoms with Crippen LogP contribution >= 0.6 is 0 Å². The standard InChI is InChI=1S/C18H26N2O/c1-4-19-10-18-16(12-20-11-13(2)9-14(20)3)15-7-5-6-8-17(15)21-18/h5-8,13-14,19H,4,9-12H2,1-3H3. The van der Waals surface area contributed by atoms with Gasteiger partial charge in [0.15, 0.2) is 0 Å². The first-order valence-corrected chi connectivity index (χ1v) is 8.13. The zero-order valence-electron chi connectivity index (χ0n) is 13.4. The minimum absolute atomic E-state index is 0.667. The molecule has 1 aromatic heterocycles. The largest absolute Gasteiger partial charge is 0.459 e. The molecule has 1 aliphatic heterocycles. The van der Waals surface area contributed by atoms with Gasteiger partial charge < -0.3 is 9.73 Å². The van der Waals surface area contributed by atoms with Crippen LogP contribution in [0.4, 0.5) is 0 Å². The summed E-state index contributed by atoms with van der Waals surface area (Å²) in [4.78, 5) is 2.59. The topological polar surface area (TPSA) is 28.4 Å². The third-order valence-corrected chi connectivity index (χ3v) is 4.59. The Morgan fingerprint density at radius 2 is 2.10 bits per heavy atom. The molecule has 0 spiro atoms. The van der Waals surface area contributed by atoms with Gasteiger partial charge in [0, 0.05) is 30.1 Å². The van der Waals surface area contributed by atoms with E-state index in [1.165, 1.54) is 23.9 Å². The Morgan fingerprint density at radius 3 is 2.81 bits per heavy atom. The van der Waals surface area contributed by atoms with Crippen molar-refractivity contribution in [1.29, 1.82) is 0 Å². The molecule has 1 N–H and O–H groups in total. The molecule has 3 heteroatoms. The molecule has 2 unspecified atom stereocenters. The van der Waals surface area contributed by atoms with E-state index in [4.69, 9.17) is 4.42 Å². The zero-order chi connectivity index (χ0) is 14.8. The van der Waals surface area contributed by atoms with Gasteiger partial charge in [-0.1, -0.05) is 32.0 Å². The average Bonchev–Trinajstić information content (AvgIpc) is 2.98. The van der Waals surface area contributed by atoms with Crippen LogP contribution in [0.3, 0.4) is 0 Å². The van der Waals surface area contributed by atoms with Crippen LogP contribution in [0.15, 0.2) is 28.7 Å². The number of nitrogens with zero attached hydrogens (tertiary/aromatic N) is 1. The number of furan rings is 1. The lowest BCUT2D eigenvalue weighted by Gasteiger charge is -2.21. The van der Waals surface area contributed by atoms with E-state index < -0.39 is 0 Å². The maximum Gasteiger partial charge on any atom is 0.134 e. The molecule has 2 heterocycles. The summed E-state index contributed by atoms with van der Waals surface area (Å²) in [5, 5.41) is 4.67. The van der Waals surface area contributed by atoms with Gasteiger partial charge in [-0.05, 0) is 31.9 Å². The van der Waals surface area contributed by atoms with Crippen LogP contribution in [0.25, 0.3) is 11.0 Å². The Kier molecular flexibility index (Phi) is 4.32. The summed E-state index contributed by atoms with van der Waals surface area (Å²) in [6.07, 6.45) is 1.30. The minimum Gasteiger partial charge on any atom is -0.459 e. The highest BCUT2D eigenvalue weighted by molar-refractivity contribution is 5.82. The maximum atomic E-state index is 6.08. The number of hydrogen-bond donors (Lipinski definition) is 1. The molecule has 0 bridgehead atoms. The van der Waals surface area contributed by atoms with Crippen molar-refractivity contribution in [1.82, 2.24) is 10.2 Å². The molecule has 0 saturated carbocycles. The van der Waals surface area contributed by atoms with E-state index in [9.17, 15) is 0 Å². The highest BCUT2D eigenvalue weighted by Gasteiger charge is 2.27. The summed E-state index contributed by atoms with van der Waals surface area (Å²) < 4.78 is 6.08. The lowest BCUT2D eigenvalue weighted by Crippen LogP contribution is -2.27. The van der Waals surface area contributed by atoms with Crippen LogP contribution in [0.1, 0.15) is 38.5 Å². The molecular formula is C18H26N2O. The van der Waals surface area contributed by atoms with Crippen molar-refractivity contribution >= 4 is 11.0 Å². The zero-order valence-corrected chi connectivity index (χ0v) is 13.4. The van der Waals surface area contributed by atoms with Crippen molar-refractivity contribution in [3.8, 4) is 0 Å².